The molecule has 1 saturated heterocycles. The van der Waals surface area contributed by atoms with E-state index in [0.29, 0.717) is 24.5 Å². The van der Waals surface area contributed by atoms with Gasteiger partial charge in [-0.3, -0.25) is 9.69 Å². The van der Waals surface area contributed by atoms with E-state index in [-0.39, 0.29) is 12.0 Å². The number of carbonyl (C=O) groups is 1. The number of amides is 1. The fraction of sp³-hybridized carbons (Fsp3) is 0.500. The summed E-state index contributed by atoms with van der Waals surface area (Å²) in [5.41, 5.74) is 8.07. The van der Waals surface area contributed by atoms with E-state index in [0.717, 1.165) is 24.9 Å². The minimum Gasteiger partial charge on any atom is -0.397 e. The average Bonchev–Trinajstić information content (AvgIpc) is 2.34. The van der Waals surface area contributed by atoms with E-state index < -0.39 is 0 Å². The van der Waals surface area contributed by atoms with Crippen LogP contribution >= 0.6 is 0 Å². The minimum absolute atomic E-state index is 0.0879. The number of carbonyl (C=O) groups excluding carboxylic acids is 1. The fourth-order valence-electron chi connectivity index (χ4n) is 2.42. The van der Waals surface area contributed by atoms with Gasteiger partial charge in [-0.2, -0.15) is 0 Å². The van der Waals surface area contributed by atoms with Crippen LogP contribution in [0, 0.1) is 6.92 Å². The lowest BCUT2D eigenvalue weighted by Crippen LogP contribution is -2.42. The summed E-state index contributed by atoms with van der Waals surface area (Å²) in [6.07, 6.45) is 1.44. The number of aryl methyl sites for hydroxylation is 1. The second-order valence-electron chi connectivity index (χ2n) is 5.12. The van der Waals surface area contributed by atoms with Crippen molar-refractivity contribution in [1.82, 2.24) is 4.90 Å². The van der Waals surface area contributed by atoms with Gasteiger partial charge in [-0.15, -0.1) is 0 Å². The number of benzene rings is 1. The van der Waals surface area contributed by atoms with E-state index in [4.69, 9.17) is 5.73 Å². The quantitative estimate of drug-likeness (QED) is 0.710. The third-order valence-electron chi connectivity index (χ3n) is 3.42. The number of aliphatic hydroxyl groups excluding tert-OH is 1. The van der Waals surface area contributed by atoms with Crippen LogP contribution in [0.25, 0.3) is 0 Å². The number of nitrogen functional groups attached to an aromatic ring is 1. The Morgan fingerprint density at radius 1 is 1.58 bits per heavy atom. The van der Waals surface area contributed by atoms with Crippen molar-refractivity contribution in [3.8, 4) is 0 Å². The van der Waals surface area contributed by atoms with E-state index in [1.165, 1.54) is 0 Å². The van der Waals surface area contributed by atoms with Gasteiger partial charge < -0.3 is 16.2 Å². The highest BCUT2D eigenvalue weighted by Crippen LogP contribution is 2.22. The molecule has 5 nitrogen and oxygen atoms in total. The predicted octanol–water partition coefficient (Wildman–Crippen LogP) is 0.972. The molecule has 0 aliphatic carbocycles. The number of aliphatic hydroxyl groups is 1. The summed E-state index contributed by atoms with van der Waals surface area (Å²) >= 11 is 0. The van der Waals surface area contributed by atoms with Gasteiger partial charge in [0.15, 0.2) is 0 Å². The molecule has 5 heteroatoms. The summed E-state index contributed by atoms with van der Waals surface area (Å²) in [7, 11) is 0. The highest BCUT2D eigenvalue weighted by Gasteiger charge is 2.20. The lowest BCUT2D eigenvalue weighted by molar-refractivity contribution is -0.118. The molecule has 0 radical (unpaired) electrons. The molecule has 1 aromatic rings. The number of nitrogens with one attached hydrogen (secondary N) is 1. The van der Waals surface area contributed by atoms with Gasteiger partial charge in [0.25, 0.3) is 0 Å². The number of β-amino-alcohol motifs (C(OH)–C–C–N with tert-alkyl or cyclic N) is 1. The summed E-state index contributed by atoms with van der Waals surface area (Å²) in [5, 5.41) is 12.4. The molecule has 1 fully saturated rings. The molecule has 2 rings (SSSR count). The number of anilines is 2. The molecule has 0 spiro atoms. The highest BCUT2D eigenvalue weighted by molar-refractivity contribution is 5.96. The van der Waals surface area contributed by atoms with Crippen molar-refractivity contribution in [2.24, 2.45) is 0 Å². The maximum absolute atomic E-state index is 12.0. The van der Waals surface area contributed by atoms with Crippen LogP contribution in [0.4, 0.5) is 11.4 Å². The summed E-state index contributed by atoms with van der Waals surface area (Å²) in [5.74, 6) is -0.0879. The average molecular weight is 263 g/mol. The van der Waals surface area contributed by atoms with Crippen molar-refractivity contribution < 1.29 is 9.90 Å². The van der Waals surface area contributed by atoms with Crippen LogP contribution in [0.5, 0.6) is 0 Å². The van der Waals surface area contributed by atoms with E-state index in [1.807, 2.05) is 24.0 Å². The van der Waals surface area contributed by atoms with Crippen molar-refractivity contribution >= 4 is 17.3 Å². The Hall–Kier alpha value is -1.59. The van der Waals surface area contributed by atoms with Gasteiger partial charge in [-0.25, -0.2) is 0 Å². The Kier molecular flexibility index (Phi) is 4.39. The topological polar surface area (TPSA) is 78.6 Å². The molecule has 1 aromatic carbocycles. The number of hydrogen-bond acceptors (Lipinski definition) is 4. The molecule has 1 aliphatic heterocycles. The first-order chi connectivity index (χ1) is 9.06. The SMILES string of the molecule is Cc1cccc(N)c1NC(=O)CN1CCCC(O)C1. The van der Waals surface area contributed by atoms with Crippen LogP contribution in [0.2, 0.25) is 0 Å². The Labute approximate surface area is 113 Å². The second kappa shape index (κ2) is 6.04. The van der Waals surface area contributed by atoms with Crippen LogP contribution in [0.1, 0.15) is 18.4 Å². The van der Waals surface area contributed by atoms with Crippen molar-refractivity contribution in [1.29, 1.82) is 0 Å². The third-order valence-corrected chi connectivity index (χ3v) is 3.42. The smallest absolute Gasteiger partial charge is 0.238 e. The molecular weight excluding hydrogens is 242 g/mol. The molecule has 0 saturated carbocycles. The molecule has 0 bridgehead atoms. The Bertz CT molecular complexity index is 442. The first kappa shape index (κ1) is 13.8. The van der Waals surface area contributed by atoms with Gasteiger partial charge in [0.2, 0.25) is 5.91 Å². The van der Waals surface area contributed by atoms with Crippen LogP contribution in [0.15, 0.2) is 18.2 Å². The first-order valence-corrected chi connectivity index (χ1v) is 6.61. The van der Waals surface area contributed by atoms with E-state index >= 15 is 0 Å². The van der Waals surface area contributed by atoms with Crippen molar-refractivity contribution in [2.45, 2.75) is 25.9 Å². The molecule has 19 heavy (non-hydrogen) atoms. The van der Waals surface area contributed by atoms with Crippen LogP contribution < -0.4 is 11.1 Å². The zero-order valence-electron chi connectivity index (χ0n) is 11.2. The van der Waals surface area contributed by atoms with Gasteiger partial charge in [-0.05, 0) is 37.9 Å². The number of rotatable bonds is 3. The lowest BCUT2D eigenvalue weighted by atomic mass is 10.1. The number of nitrogens with two attached hydrogens (primary N) is 1. The van der Waals surface area contributed by atoms with E-state index in [2.05, 4.69) is 5.32 Å². The molecule has 1 aliphatic rings. The van der Waals surface area contributed by atoms with Gasteiger partial charge >= 0.3 is 0 Å². The standard InChI is InChI=1S/C14H21N3O2/c1-10-4-2-6-12(15)14(10)16-13(19)9-17-7-3-5-11(18)8-17/h2,4,6,11,18H,3,5,7-9,15H2,1H3,(H,16,19). The number of nitrogens with zero attached hydrogens (tertiary/aromatic N) is 1. The van der Waals surface area contributed by atoms with E-state index in [9.17, 15) is 9.90 Å². The summed E-state index contributed by atoms with van der Waals surface area (Å²) in [6.45, 7) is 3.63. The predicted molar refractivity (Wildman–Crippen MR) is 75.9 cm³/mol. The lowest BCUT2D eigenvalue weighted by Gasteiger charge is -2.29. The van der Waals surface area contributed by atoms with Gasteiger partial charge in [0.05, 0.1) is 24.0 Å². The highest BCUT2D eigenvalue weighted by atomic mass is 16.3. The summed E-state index contributed by atoms with van der Waals surface area (Å²) < 4.78 is 0. The van der Waals surface area contributed by atoms with Crippen molar-refractivity contribution in [3.05, 3.63) is 23.8 Å². The number of piperidine rings is 1. The first-order valence-electron chi connectivity index (χ1n) is 6.61. The molecule has 4 N–H and O–H groups in total. The minimum atomic E-state index is -0.315. The maximum atomic E-state index is 12.0. The second-order valence-corrected chi connectivity index (χ2v) is 5.12. The zero-order valence-corrected chi connectivity index (χ0v) is 11.2. The van der Waals surface area contributed by atoms with Crippen molar-refractivity contribution in [3.63, 3.8) is 0 Å². The molecule has 1 heterocycles. The van der Waals surface area contributed by atoms with Crippen LogP contribution in [-0.4, -0.2) is 41.7 Å². The third kappa shape index (κ3) is 3.68. The molecule has 1 unspecified atom stereocenters. The molecule has 0 aromatic heterocycles. The van der Waals surface area contributed by atoms with Gasteiger partial charge in [-0.1, -0.05) is 12.1 Å². The normalized spacial score (nSPS) is 20.2. The van der Waals surface area contributed by atoms with Crippen LogP contribution in [-0.2, 0) is 4.79 Å². The Balaban J connectivity index is 1.94. The summed E-state index contributed by atoms with van der Waals surface area (Å²) in [4.78, 5) is 14.0. The molecular formula is C14H21N3O2. The van der Waals surface area contributed by atoms with Gasteiger partial charge in [0, 0.05) is 6.54 Å². The Morgan fingerprint density at radius 3 is 3.05 bits per heavy atom. The van der Waals surface area contributed by atoms with Crippen LogP contribution in [0.3, 0.4) is 0 Å². The largest absolute Gasteiger partial charge is 0.397 e. The maximum Gasteiger partial charge on any atom is 0.238 e. The fourth-order valence-corrected chi connectivity index (χ4v) is 2.42. The number of likely N-dealkylation sites (tertiary alicyclic amines) is 1. The monoisotopic (exact) mass is 263 g/mol. The Morgan fingerprint density at radius 2 is 2.37 bits per heavy atom. The molecule has 104 valence electrons. The molecule has 1 atom stereocenters. The molecule has 1 amide bonds. The van der Waals surface area contributed by atoms with Gasteiger partial charge in [0.1, 0.15) is 0 Å². The number of hydrogen-bond donors (Lipinski definition) is 3. The van der Waals surface area contributed by atoms with Crippen molar-refractivity contribution in [2.75, 3.05) is 30.7 Å². The summed E-state index contributed by atoms with van der Waals surface area (Å²) in [6, 6.07) is 5.55. The van der Waals surface area contributed by atoms with E-state index in [1.54, 1.807) is 6.07 Å². The number of para-hydroxylation sites is 1. The zero-order chi connectivity index (χ0) is 13.8.